The summed E-state index contributed by atoms with van der Waals surface area (Å²) in [5, 5.41) is 1.41. The first-order valence-electron chi connectivity index (χ1n) is 6.67. The lowest BCUT2D eigenvalue weighted by Crippen LogP contribution is -2.04. The van der Waals surface area contributed by atoms with Crippen LogP contribution in [-0.4, -0.2) is 27.3 Å². The molecule has 0 aliphatic heterocycles. The third-order valence-corrected chi connectivity index (χ3v) is 4.64. The number of esters is 1. The first kappa shape index (κ1) is 17.6. The van der Waals surface area contributed by atoms with E-state index in [1.165, 1.54) is 21.3 Å². The van der Waals surface area contributed by atoms with Crippen LogP contribution >= 0.6 is 7.60 Å². The van der Waals surface area contributed by atoms with Crippen LogP contribution in [0.2, 0.25) is 0 Å². The first-order chi connectivity index (χ1) is 11.0. The molecule has 0 saturated heterocycles. The summed E-state index contributed by atoms with van der Waals surface area (Å²) in [5.74, 6) is -0.447. The van der Waals surface area contributed by atoms with E-state index in [1.807, 2.05) is 6.07 Å². The predicted octanol–water partition coefficient (Wildman–Crippen LogP) is 3.48. The Morgan fingerprint density at radius 1 is 0.957 bits per heavy atom. The highest BCUT2D eigenvalue weighted by Gasteiger charge is 2.29. The van der Waals surface area contributed by atoms with Crippen LogP contribution in [0.25, 0.3) is 10.8 Å². The van der Waals surface area contributed by atoms with Gasteiger partial charge in [-0.1, -0.05) is 30.3 Å². The second-order valence-electron chi connectivity index (χ2n) is 4.56. The number of benzene rings is 2. The summed E-state index contributed by atoms with van der Waals surface area (Å²) in [6.45, 7) is 0. The van der Waals surface area contributed by atoms with Gasteiger partial charge in [-0.2, -0.15) is 0 Å². The molecule has 0 unspecified atom stereocenters. The van der Waals surface area contributed by atoms with E-state index in [-0.39, 0.29) is 6.16 Å². The minimum Gasteiger partial charge on any atom is -0.465 e. The molecule has 0 fully saturated rings. The van der Waals surface area contributed by atoms with Crippen LogP contribution in [0, 0.1) is 0 Å². The van der Waals surface area contributed by atoms with E-state index in [9.17, 15) is 9.36 Å². The van der Waals surface area contributed by atoms with Gasteiger partial charge in [-0.25, -0.2) is 14.6 Å². The Hall–Kier alpha value is -1.76. The minimum atomic E-state index is -3.65. The monoisotopic (exact) mass is 340 g/mol. The van der Waals surface area contributed by atoms with Gasteiger partial charge in [0.15, 0.2) is 0 Å². The molecule has 0 aliphatic rings. The molecule has 0 aromatic heterocycles. The SMILES string of the molecule is COOP(=O)(Cc1ccc(C(=O)OC)c2ccccc12)OOC. The van der Waals surface area contributed by atoms with Crippen molar-refractivity contribution < 1.29 is 33.2 Å². The molecule has 2 aromatic carbocycles. The Morgan fingerprint density at radius 2 is 1.57 bits per heavy atom. The molecule has 0 radical (unpaired) electrons. The molecule has 23 heavy (non-hydrogen) atoms. The van der Waals surface area contributed by atoms with Crippen molar-refractivity contribution in [3.05, 3.63) is 47.5 Å². The van der Waals surface area contributed by atoms with Crippen molar-refractivity contribution in [2.75, 3.05) is 21.3 Å². The van der Waals surface area contributed by atoms with Crippen LogP contribution in [-0.2, 0) is 34.6 Å². The molecule has 0 amide bonds. The Balaban J connectivity index is 2.50. The summed E-state index contributed by atoms with van der Waals surface area (Å²) in [6, 6.07) is 10.5. The molecule has 0 aliphatic carbocycles. The Kier molecular flexibility index (Phi) is 5.87. The van der Waals surface area contributed by atoms with E-state index in [0.29, 0.717) is 16.5 Å². The lowest BCUT2D eigenvalue weighted by atomic mass is 10.0. The van der Waals surface area contributed by atoms with Crippen LogP contribution in [0.4, 0.5) is 0 Å². The number of hydrogen-bond donors (Lipinski definition) is 0. The van der Waals surface area contributed by atoms with Gasteiger partial charge in [-0.15, -0.1) is 9.35 Å². The molecule has 0 heterocycles. The van der Waals surface area contributed by atoms with Gasteiger partial charge in [-0.05, 0) is 22.4 Å². The minimum absolute atomic E-state index is 0.0867. The number of fused-ring (bicyclic) bond motifs is 1. The van der Waals surface area contributed by atoms with Crippen molar-refractivity contribution in [2.24, 2.45) is 0 Å². The number of hydrogen-bond acceptors (Lipinski definition) is 7. The first-order valence-corrected chi connectivity index (χ1v) is 8.40. The molecule has 124 valence electrons. The zero-order valence-corrected chi connectivity index (χ0v) is 13.9. The summed E-state index contributed by atoms with van der Waals surface area (Å²) in [4.78, 5) is 20.8. The van der Waals surface area contributed by atoms with Gasteiger partial charge in [0.1, 0.15) is 0 Å². The molecule has 0 bridgehead atoms. The molecule has 0 saturated carbocycles. The average molecular weight is 340 g/mol. The Morgan fingerprint density at radius 3 is 2.13 bits per heavy atom. The predicted molar refractivity (Wildman–Crippen MR) is 82.8 cm³/mol. The largest absolute Gasteiger partial charge is 0.465 e. The smallest absolute Gasteiger partial charge is 0.388 e. The van der Waals surface area contributed by atoms with Crippen molar-refractivity contribution in [3.8, 4) is 0 Å². The maximum Gasteiger partial charge on any atom is 0.388 e. The van der Waals surface area contributed by atoms with Gasteiger partial charge in [0.05, 0.1) is 33.1 Å². The van der Waals surface area contributed by atoms with Crippen molar-refractivity contribution in [1.82, 2.24) is 0 Å². The fraction of sp³-hybridized carbons (Fsp3) is 0.267. The molecule has 2 aromatic rings. The lowest BCUT2D eigenvalue weighted by molar-refractivity contribution is -0.242. The molecule has 0 spiro atoms. The number of carbonyl (C=O) groups is 1. The van der Waals surface area contributed by atoms with Gasteiger partial charge in [0, 0.05) is 0 Å². The van der Waals surface area contributed by atoms with E-state index >= 15 is 0 Å². The van der Waals surface area contributed by atoms with Gasteiger partial charge < -0.3 is 4.74 Å². The fourth-order valence-electron chi connectivity index (χ4n) is 2.29. The average Bonchev–Trinajstić information content (AvgIpc) is 2.55. The summed E-state index contributed by atoms with van der Waals surface area (Å²) in [7, 11) is 0.118. The van der Waals surface area contributed by atoms with E-state index < -0.39 is 13.6 Å². The number of ether oxygens (including phenoxy) is 1. The standard InChI is InChI=1S/C15H17O7P/c1-18-15(16)14-9-8-11(12-6-4-5-7-13(12)14)10-23(17,21-19-2)22-20-3/h4-9H,10H2,1-3H3. The third-order valence-electron chi connectivity index (χ3n) is 3.16. The van der Waals surface area contributed by atoms with Crippen LogP contribution in [0.1, 0.15) is 15.9 Å². The van der Waals surface area contributed by atoms with E-state index in [0.717, 1.165) is 5.39 Å². The normalized spacial score (nSPS) is 11.6. The topological polar surface area (TPSA) is 80.3 Å². The van der Waals surface area contributed by atoms with Gasteiger partial charge >= 0.3 is 13.6 Å². The van der Waals surface area contributed by atoms with Crippen molar-refractivity contribution in [1.29, 1.82) is 0 Å². The van der Waals surface area contributed by atoms with Crippen LogP contribution < -0.4 is 0 Å². The fourth-order valence-corrected chi connectivity index (χ4v) is 3.57. The summed E-state index contributed by atoms with van der Waals surface area (Å²) in [6.07, 6.45) is -0.0867. The Labute approximate surface area is 133 Å². The zero-order chi connectivity index (χ0) is 16.9. The Bertz CT molecular complexity index is 734. The highest BCUT2D eigenvalue weighted by Crippen LogP contribution is 2.52. The molecule has 8 heteroatoms. The van der Waals surface area contributed by atoms with Gasteiger partial charge in [-0.3, -0.25) is 4.57 Å². The molecule has 2 rings (SSSR count). The maximum atomic E-state index is 12.5. The van der Waals surface area contributed by atoms with Crippen LogP contribution in [0.3, 0.4) is 0 Å². The number of methoxy groups -OCH3 is 1. The van der Waals surface area contributed by atoms with Crippen LogP contribution in [0.5, 0.6) is 0 Å². The molecular weight excluding hydrogens is 323 g/mol. The summed E-state index contributed by atoms with van der Waals surface area (Å²) < 4.78 is 26.8. The number of rotatable bonds is 7. The second-order valence-corrected chi connectivity index (χ2v) is 6.40. The highest BCUT2D eigenvalue weighted by molar-refractivity contribution is 7.52. The van der Waals surface area contributed by atoms with Crippen molar-refractivity contribution in [2.45, 2.75) is 6.16 Å². The third kappa shape index (κ3) is 3.96. The zero-order valence-electron chi connectivity index (χ0n) is 13.0. The van der Waals surface area contributed by atoms with E-state index in [4.69, 9.17) is 14.1 Å². The van der Waals surface area contributed by atoms with E-state index in [1.54, 1.807) is 30.3 Å². The summed E-state index contributed by atoms with van der Waals surface area (Å²) >= 11 is 0. The maximum absolute atomic E-state index is 12.5. The van der Waals surface area contributed by atoms with Gasteiger partial charge in [0.2, 0.25) is 0 Å². The summed E-state index contributed by atoms with van der Waals surface area (Å²) in [5.41, 5.74) is 1.08. The molecule has 0 atom stereocenters. The van der Waals surface area contributed by atoms with Crippen LogP contribution in [0.15, 0.2) is 36.4 Å². The van der Waals surface area contributed by atoms with Gasteiger partial charge in [0.25, 0.3) is 0 Å². The van der Waals surface area contributed by atoms with Crippen molar-refractivity contribution >= 4 is 24.3 Å². The lowest BCUT2D eigenvalue weighted by Gasteiger charge is -2.16. The second kappa shape index (κ2) is 7.68. The highest BCUT2D eigenvalue weighted by atomic mass is 31.2. The van der Waals surface area contributed by atoms with E-state index in [2.05, 4.69) is 9.78 Å². The quantitative estimate of drug-likeness (QED) is 0.330. The molecule has 7 nitrogen and oxygen atoms in total. The molecule has 0 N–H and O–H groups in total. The van der Waals surface area contributed by atoms with Crippen molar-refractivity contribution in [3.63, 3.8) is 0 Å². The molecular formula is C15H17O7P. The number of carbonyl (C=O) groups excluding carboxylic acids is 1.